The Hall–Kier alpha value is -2.51. The van der Waals surface area contributed by atoms with E-state index in [1.807, 2.05) is 29.7 Å². The number of hydrogen-bond donors (Lipinski definition) is 1. The first-order chi connectivity index (χ1) is 15.1. The summed E-state index contributed by atoms with van der Waals surface area (Å²) in [5, 5.41) is 12.6. The molecule has 0 saturated heterocycles. The first kappa shape index (κ1) is 21.7. The van der Waals surface area contributed by atoms with Gasteiger partial charge in [0, 0.05) is 6.54 Å². The topological polar surface area (TPSA) is 69.0 Å². The van der Waals surface area contributed by atoms with Gasteiger partial charge < -0.3 is 14.6 Å². The van der Waals surface area contributed by atoms with E-state index in [9.17, 15) is 4.79 Å². The molecule has 0 radical (unpaired) electrons. The molecule has 1 aromatic heterocycles. The van der Waals surface area contributed by atoms with Crippen LogP contribution in [0, 0.1) is 0 Å². The lowest BCUT2D eigenvalue weighted by Crippen LogP contribution is -2.15. The third kappa shape index (κ3) is 5.40. The summed E-state index contributed by atoms with van der Waals surface area (Å²) in [4.78, 5) is 12.3. The summed E-state index contributed by atoms with van der Waals surface area (Å²) in [7, 11) is 0. The molecule has 8 heteroatoms. The van der Waals surface area contributed by atoms with E-state index >= 15 is 0 Å². The van der Waals surface area contributed by atoms with E-state index in [1.165, 1.54) is 35.7 Å². The van der Waals surface area contributed by atoms with E-state index in [0.29, 0.717) is 29.0 Å². The average Bonchev–Trinajstić information content (AvgIpc) is 3.19. The molecule has 4 rings (SSSR count). The zero-order valence-electron chi connectivity index (χ0n) is 17.4. The van der Waals surface area contributed by atoms with Crippen LogP contribution in [-0.4, -0.2) is 26.4 Å². The molecule has 1 aliphatic carbocycles. The molecule has 0 unspecified atom stereocenters. The van der Waals surface area contributed by atoms with Crippen molar-refractivity contribution in [3.05, 3.63) is 64.4 Å². The number of ether oxygens (including phenoxy) is 1. The summed E-state index contributed by atoms with van der Waals surface area (Å²) in [5.41, 5.74) is 3.43. The van der Waals surface area contributed by atoms with Crippen LogP contribution in [0.2, 0.25) is 5.02 Å². The summed E-state index contributed by atoms with van der Waals surface area (Å²) in [6.45, 7) is 3.07. The number of thioether (sulfide) groups is 1. The van der Waals surface area contributed by atoms with Crippen LogP contribution in [0.15, 0.2) is 47.6 Å². The van der Waals surface area contributed by atoms with Crippen molar-refractivity contribution in [1.82, 2.24) is 14.8 Å². The molecule has 31 heavy (non-hydrogen) atoms. The summed E-state index contributed by atoms with van der Waals surface area (Å²) in [6.07, 6.45) is 4.79. The number of benzene rings is 2. The Balaban J connectivity index is 1.35. The molecule has 1 heterocycles. The molecule has 0 bridgehead atoms. The number of carbonyl (C=O) groups is 1. The summed E-state index contributed by atoms with van der Waals surface area (Å²) in [6, 6.07) is 13.5. The van der Waals surface area contributed by atoms with E-state index in [1.54, 1.807) is 12.1 Å². The van der Waals surface area contributed by atoms with Gasteiger partial charge in [-0.15, -0.1) is 10.2 Å². The van der Waals surface area contributed by atoms with Crippen LogP contribution in [-0.2, 0) is 30.8 Å². The largest absolute Gasteiger partial charge is 0.486 e. The van der Waals surface area contributed by atoms with Crippen molar-refractivity contribution in [2.75, 3.05) is 11.1 Å². The molecule has 6 nitrogen and oxygen atoms in total. The molecule has 0 aliphatic heterocycles. The number of anilines is 1. The monoisotopic (exact) mass is 456 g/mol. The number of nitrogens with one attached hydrogen (secondary N) is 1. The molecule has 162 valence electrons. The van der Waals surface area contributed by atoms with Crippen molar-refractivity contribution >= 4 is 35.0 Å². The van der Waals surface area contributed by atoms with Gasteiger partial charge >= 0.3 is 0 Å². The van der Waals surface area contributed by atoms with Crippen LogP contribution < -0.4 is 10.1 Å². The molecule has 2 aromatic carbocycles. The first-order valence-corrected chi connectivity index (χ1v) is 11.8. The van der Waals surface area contributed by atoms with E-state index in [4.69, 9.17) is 16.3 Å². The fourth-order valence-electron chi connectivity index (χ4n) is 3.68. The van der Waals surface area contributed by atoms with Gasteiger partial charge in [-0.05, 0) is 68.0 Å². The maximum atomic E-state index is 12.3. The molecular formula is C23H25ClN4O2S. The lowest BCUT2D eigenvalue weighted by Gasteiger charge is -2.16. The average molecular weight is 457 g/mol. The number of aryl methyl sites for hydroxylation is 2. The number of aromatic nitrogens is 3. The van der Waals surface area contributed by atoms with Crippen molar-refractivity contribution in [3.8, 4) is 5.75 Å². The lowest BCUT2D eigenvalue weighted by molar-refractivity contribution is -0.113. The van der Waals surface area contributed by atoms with Crippen LogP contribution >= 0.6 is 23.4 Å². The van der Waals surface area contributed by atoms with Crippen molar-refractivity contribution < 1.29 is 9.53 Å². The van der Waals surface area contributed by atoms with Crippen LogP contribution in [0.25, 0.3) is 0 Å². The Bertz CT molecular complexity index is 1070. The predicted octanol–water partition coefficient (Wildman–Crippen LogP) is 5.14. The minimum absolute atomic E-state index is 0.143. The standard InChI is InChI=1S/C23H25ClN4O2S/c1-2-28-21(14-30-18-12-11-16-7-3-4-8-17(16)13-18)26-27-23(28)31-15-22(29)25-20-10-6-5-9-19(20)24/h5-6,9-13H,2-4,7-8,14-15H2,1H3,(H,25,29). The molecule has 0 fully saturated rings. The highest BCUT2D eigenvalue weighted by molar-refractivity contribution is 7.99. The van der Waals surface area contributed by atoms with E-state index < -0.39 is 0 Å². The fourth-order valence-corrected chi connectivity index (χ4v) is 4.68. The Morgan fingerprint density at radius 3 is 2.77 bits per heavy atom. The minimum atomic E-state index is -0.143. The number of carbonyl (C=O) groups excluding carboxylic acids is 1. The van der Waals surface area contributed by atoms with Gasteiger partial charge in [-0.25, -0.2) is 0 Å². The van der Waals surface area contributed by atoms with Gasteiger partial charge in [0.1, 0.15) is 12.4 Å². The normalized spacial score (nSPS) is 13.0. The molecular weight excluding hydrogens is 432 g/mol. The van der Waals surface area contributed by atoms with Crippen LogP contribution in [0.5, 0.6) is 5.75 Å². The van der Waals surface area contributed by atoms with Gasteiger partial charge in [0.25, 0.3) is 0 Å². The van der Waals surface area contributed by atoms with Crippen molar-refractivity contribution in [3.63, 3.8) is 0 Å². The van der Waals surface area contributed by atoms with Crippen LogP contribution in [0.4, 0.5) is 5.69 Å². The maximum Gasteiger partial charge on any atom is 0.234 e. The Morgan fingerprint density at radius 1 is 1.16 bits per heavy atom. The fraction of sp³-hybridized carbons (Fsp3) is 0.348. The van der Waals surface area contributed by atoms with Gasteiger partial charge in [-0.3, -0.25) is 4.79 Å². The smallest absolute Gasteiger partial charge is 0.234 e. The zero-order valence-corrected chi connectivity index (χ0v) is 19.0. The quantitative estimate of drug-likeness (QED) is 0.475. The Labute approximate surface area is 191 Å². The number of nitrogens with zero attached hydrogens (tertiary/aromatic N) is 3. The molecule has 3 aromatic rings. The van der Waals surface area contributed by atoms with E-state index in [-0.39, 0.29) is 11.7 Å². The second-order valence-corrected chi connectivity index (χ2v) is 8.74. The SMILES string of the molecule is CCn1c(COc2ccc3c(c2)CCCC3)nnc1SCC(=O)Nc1ccccc1Cl. The summed E-state index contributed by atoms with van der Waals surface area (Å²) >= 11 is 7.44. The molecule has 0 atom stereocenters. The zero-order chi connectivity index (χ0) is 21.6. The number of amides is 1. The molecule has 0 saturated carbocycles. The highest BCUT2D eigenvalue weighted by atomic mass is 35.5. The second kappa shape index (κ2) is 10.2. The highest BCUT2D eigenvalue weighted by Gasteiger charge is 2.15. The van der Waals surface area contributed by atoms with Crippen LogP contribution in [0.1, 0.15) is 36.7 Å². The number of halogens is 1. The highest BCUT2D eigenvalue weighted by Crippen LogP contribution is 2.26. The van der Waals surface area contributed by atoms with Crippen molar-refractivity contribution in [1.29, 1.82) is 0 Å². The third-order valence-corrected chi connectivity index (χ3v) is 6.57. The third-order valence-electron chi connectivity index (χ3n) is 5.28. The first-order valence-electron chi connectivity index (χ1n) is 10.5. The van der Waals surface area contributed by atoms with Crippen molar-refractivity contribution in [2.24, 2.45) is 0 Å². The van der Waals surface area contributed by atoms with E-state index in [0.717, 1.165) is 24.4 Å². The number of fused-ring (bicyclic) bond motifs is 1. The molecule has 0 spiro atoms. The van der Waals surface area contributed by atoms with Crippen LogP contribution in [0.3, 0.4) is 0 Å². The summed E-state index contributed by atoms with van der Waals surface area (Å²) in [5.74, 6) is 1.68. The van der Waals surface area contributed by atoms with Gasteiger partial charge in [-0.2, -0.15) is 0 Å². The van der Waals surface area contributed by atoms with Crippen molar-refractivity contribution in [2.45, 2.75) is 50.9 Å². The van der Waals surface area contributed by atoms with Gasteiger partial charge in [0.05, 0.1) is 16.5 Å². The minimum Gasteiger partial charge on any atom is -0.486 e. The maximum absolute atomic E-state index is 12.3. The molecule has 1 aliphatic rings. The molecule has 1 amide bonds. The second-order valence-electron chi connectivity index (χ2n) is 7.39. The van der Waals surface area contributed by atoms with Gasteiger partial charge in [0.2, 0.25) is 5.91 Å². The number of hydrogen-bond acceptors (Lipinski definition) is 5. The number of para-hydroxylation sites is 1. The Kier molecular flexibility index (Phi) is 7.14. The number of rotatable bonds is 8. The Morgan fingerprint density at radius 2 is 1.97 bits per heavy atom. The predicted molar refractivity (Wildman–Crippen MR) is 124 cm³/mol. The van der Waals surface area contributed by atoms with Gasteiger partial charge in [-0.1, -0.05) is 41.6 Å². The van der Waals surface area contributed by atoms with Gasteiger partial charge in [0.15, 0.2) is 11.0 Å². The molecule has 1 N–H and O–H groups in total. The lowest BCUT2D eigenvalue weighted by atomic mass is 9.92. The summed E-state index contributed by atoms with van der Waals surface area (Å²) < 4.78 is 7.98. The van der Waals surface area contributed by atoms with E-state index in [2.05, 4.69) is 27.6 Å².